The molecule has 0 bridgehead atoms. The molecular weight excluding hydrogens is 312 g/mol. The molecule has 0 aliphatic carbocycles. The van der Waals surface area contributed by atoms with E-state index in [2.05, 4.69) is 27.0 Å². The number of pyridine rings is 1. The minimum atomic E-state index is 0.217. The second-order valence-corrected chi connectivity index (χ2v) is 5.49. The lowest BCUT2D eigenvalue weighted by Crippen LogP contribution is -2.15. The van der Waals surface area contributed by atoms with Crippen molar-refractivity contribution >= 4 is 27.5 Å². The minimum absolute atomic E-state index is 0.217. The molecule has 2 nitrogen and oxygen atoms in total. The summed E-state index contributed by atoms with van der Waals surface area (Å²) in [6.45, 7) is 0.566. The number of aromatic nitrogens is 1. The maximum atomic E-state index is 6.21. The Hall–Kier alpha value is -0.900. The Bertz CT molecular complexity index is 531. The zero-order valence-electron chi connectivity index (χ0n) is 9.81. The van der Waals surface area contributed by atoms with E-state index < -0.39 is 0 Å². The molecule has 2 rings (SSSR count). The highest BCUT2D eigenvalue weighted by atomic mass is 79.9. The van der Waals surface area contributed by atoms with Gasteiger partial charge in [-0.1, -0.05) is 29.8 Å². The van der Waals surface area contributed by atoms with Gasteiger partial charge in [0.25, 0.3) is 0 Å². The second kappa shape index (κ2) is 6.32. The molecular formula is C14H14BrClN2. The van der Waals surface area contributed by atoms with E-state index >= 15 is 0 Å². The summed E-state index contributed by atoms with van der Waals surface area (Å²) in [5.74, 6) is 0.217. The van der Waals surface area contributed by atoms with E-state index in [-0.39, 0.29) is 5.92 Å². The van der Waals surface area contributed by atoms with Crippen molar-refractivity contribution < 1.29 is 0 Å². The van der Waals surface area contributed by atoms with Gasteiger partial charge in [0.05, 0.1) is 0 Å². The van der Waals surface area contributed by atoms with Gasteiger partial charge in [-0.25, -0.2) is 0 Å². The van der Waals surface area contributed by atoms with Gasteiger partial charge in [0.2, 0.25) is 0 Å². The lowest BCUT2D eigenvalue weighted by Gasteiger charge is -2.16. The van der Waals surface area contributed by atoms with Crippen molar-refractivity contribution in [3.63, 3.8) is 0 Å². The molecule has 2 aromatic rings. The molecule has 4 heteroatoms. The Balaban J connectivity index is 2.23. The van der Waals surface area contributed by atoms with Crippen molar-refractivity contribution in [1.29, 1.82) is 0 Å². The quantitative estimate of drug-likeness (QED) is 0.929. The molecule has 0 aliphatic heterocycles. The molecule has 0 saturated carbocycles. The van der Waals surface area contributed by atoms with Gasteiger partial charge in [0.15, 0.2) is 0 Å². The van der Waals surface area contributed by atoms with Crippen LogP contribution in [0.4, 0.5) is 0 Å². The first-order chi connectivity index (χ1) is 8.70. The fourth-order valence-electron chi connectivity index (χ4n) is 1.98. The van der Waals surface area contributed by atoms with Crippen LogP contribution in [0.25, 0.3) is 0 Å². The zero-order valence-corrected chi connectivity index (χ0v) is 12.2. The van der Waals surface area contributed by atoms with Gasteiger partial charge < -0.3 is 5.73 Å². The number of benzene rings is 1. The van der Waals surface area contributed by atoms with E-state index in [9.17, 15) is 0 Å². The molecule has 0 spiro atoms. The minimum Gasteiger partial charge on any atom is -0.330 e. The number of hydrogen-bond donors (Lipinski definition) is 1. The lowest BCUT2D eigenvalue weighted by atomic mass is 9.93. The van der Waals surface area contributed by atoms with Crippen molar-refractivity contribution in [3.8, 4) is 0 Å². The van der Waals surface area contributed by atoms with Crippen molar-refractivity contribution in [2.24, 2.45) is 5.73 Å². The van der Waals surface area contributed by atoms with E-state index in [1.807, 2.05) is 30.5 Å². The standard InChI is InChI=1S/C14H14BrClN2/c15-12-6-10(8-18-9-12)5-11(7-17)13-3-1-2-4-14(13)16/h1-4,6,8-9,11H,5,7,17H2. The molecule has 0 aliphatic rings. The highest BCUT2D eigenvalue weighted by Crippen LogP contribution is 2.27. The summed E-state index contributed by atoms with van der Waals surface area (Å²) in [5, 5.41) is 0.774. The first-order valence-electron chi connectivity index (χ1n) is 5.74. The van der Waals surface area contributed by atoms with Crippen LogP contribution in [-0.4, -0.2) is 11.5 Å². The fraction of sp³-hybridized carbons (Fsp3) is 0.214. The SMILES string of the molecule is NCC(Cc1cncc(Br)c1)c1ccccc1Cl. The predicted molar refractivity (Wildman–Crippen MR) is 78.9 cm³/mol. The molecule has 1 aromatic carbocycles. The van der Waals surface area contributed by atoms with Gasteiger partial charge in [-0.3, -0.25) is 4.98 Å². The van der Waals surface area contributed by atoms with Crippen LogP contribution < -0.4 is 5.73 Å². The molecule has 18 heavy (non-hydrogen) atoms. The average molecular weight is 326 g/mol. The normalized spacial score (nSPS) is 12.4. The van der Waals surface area contributed by atoms with Crippen LogP contribution in [0.3, 0.4) is 0 Å². The van der Waals surface area contributed by atoms with Gasteiger partial charge in [-0.2, -0.15) is 0 Å². The monoisotopic (exact) mass is 324 g/mol. The van der Waals surface area contributed by atoms with Gasteiger partial charge in [0.1, 0.15) is 0 Å². The Labute approximate surface area is 120 Å². The molecule has 0 radical (unpaired) electrons. The van der Waals surface area contributed by atoms with Gasteiger partial charge in [-0.15, -0.1) is 0 Å². The molecule has 2 N–H and O–H groups in total. The van der Waals surface area contributed by atoms with Crippen molar-refractivity contribution in [3.05, 3.63) is 63.3 Å². The van der Waals surface area contributed by atoms with Crippen molar-refractivity contribution in [1.82, 2.24) is 4.98 Å². The summed E-state index contributed by atoms with van der Waals surface area (Å²) in [6, 6.07) is 9.92. The number of nitrogens with two attached hydrogens (primary N) is 1. The Morgan fingerprint density at radius 2 is 2.06 bits per heavy atom. The summed E-state index contributed by atoms with van der Waals surface area (Å²) in [6.07, 6.45) is 4.48. The van der Waals surface area contributed by atoms with Crippen LogP contribution in [-0.2, 0) is 6.42 Å². The second-order valence-electron chi connectivity index (χ2n) is 4.17. The first kappa shape index (κ1) is 13.5. The van der Waals surface area contributed by atoms with Crippen molar-refractivity contribution in [2.45, 2.75) is 12.3 Å². The van der Waals surface area contributed by atoms with Gasteiger partial charge >= 0.3 is 0 Å². The fourth-order valence-corrected chi connectivity index (χ4v) is 2.68. The van der Waals surface area contributed by atoms with Gasteiger partial charge in [0, 0.05) is 27.8 Å². The molecule has 94 valence electrons. The highest BCUT2D eigenvalue weighted by molar-refractivity contribution is 9.10. The van der Waals surface area contributed by atoms with E-state index in [1.165, 1.54) is 0 Å². The van der Waals surface area contributed by atoms with E-state index in [1.54, 1.807) is 6.20 Å². The summed E-state index contributed by atoms with van der Waals surface area (Å²) in [4.78, 5) is 4.17. The third-order valence-electron chi connectivity index (χ3n) is 2.87. The molecule has 0 saturated heterocycles. The largest absolute Gasteiger partial charge is 0.330 e. The van der Waals surface area contributed by atoms with E-state index in [0.717, 1.165) is 27.0 Å². The van der Waals surface area contributed by atoms with Crippen LogP contribution in [0.1, 0.15) is 17.0 Å². The van der Waals surface area contributed by atoms with Crippen LogP contribution in [0, 0.1) is 0 Å². The summed E-state index contributed by atoms with van der Waals surface area (Å²) in [7, 11) is 0. The maximum absolute atomic E-state index is 6.21. The topological polar surface area (TPSA) is 38.9 Å². The third kappa shape index (κ3) is 3.31. The van der Waals surface area contributed by atoms with Crippen molar-refractivity contribution in [2.75, 3.05) is 6.54 Å². The molecule has 1 heterocycles. The van der Waals surface area contributed by atoms with E-state index in [4.69, 9.17) is 17.3 Å². The molecule has 0 amide bonds. The average Bonchev–Trinajstić information content (AvgIpc) is 2.37. The Morgan fingerprint density at radius 3 is 2.72 bits per heavy atom. The van der Waals surface area contributed by atoms with Crippen LogP contribution >= 0.6 is 27.5 Å². The number of hydrogen-bond acceptors (Lipinski definition) is 2. The molecule has 1 atom stereocenters. The zero-order chi connectivity index (χ0) is 13.0. The van der Waals surface area contributed by atoms with E-state index in [0.29, 0.717) is 6.54 Å². The summed E-state index contributed by atoms with van der Waals surface area (Å²) >= 11 is 9.64. The van der Waals surface area contributed by atoms with Crippen LogP contribution in [0.15, 0.2) is 47.2 Å². The number of rotatable bonds is 4. The molecule has 1 unspecified atom stereocenters. The first-order valence-corrected chi connectivity index (χ1v) is 6.91. The number of nitrogens with zero attached hydrogens (tertiary/aromatic N) is 1. The maximum Gasteiger partial charge on any atom is 0.0441 e. The third-order valence-corrected chi connectivity index (χ3v) is 3.65. The Morgan fingerprint density at radius 1 is 1.28 bits per heavy atom. The lowest BCUT2D eigenvalue weighted by molar-refractivity contribution is 0.692. The molecule has 1 aromatic heterocycles. The summed E-state index contributed by atoms with van der Waals surface area (Å²) in [5.41, 5.74) is 8.12. The van der Waals surface area contributed by atoms with Crippen LogP contribution in [0.2, 0.25) is 5.02 Å². The molecule has 0 fully saturated rings. The smallest absolute Gasteiger partial charge is 0.0441 e. The Kier molecular flexibility index (Phi) is 4.75. The predicted octanol–water partition coefficient (Wildman–Crippen LogP) is 3.78. The summed E-state index contributed by atoms with van der Waals surface area (Å²) < 4.78 is 0.981. The number of halogens is 2. The highest BCUT2D eigenvalue weighted by Gasteiger charge is 2.13. The van der Waals surface area contributed by atoms with Gasteiger partial charge in [-0.05, 0) is 52.2 Å². The van der Waals surface area contributed by atoms with Crippen LogP contribution in [0.5, 0.6) is 0 Å².